The van der Waals surface area contributed by atoms with E-state index in [4.69, 9.17) is 4.74 Å². The van der Waals surface area contributed by atoms with Gasteiger partial charge in [0.15, 0.2) is 0 Å². The van der Waals surface area contributed by atoms with Gasteiger partial charge in [-0.05, 0) is 26.2 Å². The number of carbonyl (C=O) groups is 1. The summed E-state index contributed by atoms with van der Waals surface area (Å²) in [6.07, 6.45) is 14.0. The van der Waals surface area contributed by atoms with Crippen LogP contribution in [0.3, 0.4) is 0 Å². The van der Waals surface area contributed by atoms with E-state index in [0.29, 0.717) is 6.61 Å². The van der Waals surface area contributed by atoms with E-state index in [-0.39, 0.29) is 5.97 Å². The molecule has 0 amide bonds. The Labute approximate surface area is 119 Å². The van der Waals surface area contributed by atoms with Crippen LogP contribution in [-0.2, 0) is 9.53 Å². The van der Waals surface area contributed by atoms with Gasteiger partial charge in [0.25, 0.3) is 0 Å². The van der Waals surface area contributed by atoms with Gasteiger partial charge in [-0.1, -0.05) is 64.9 Å². The highest BCUT2D eigenvalue weighted by Crippen LogP contribution is 2.07. The Morgan fingerprint density at radius 2 is 1.47 bits per heavy atom. The van der Waals surface area contributed by atoms with Crippen molar-refractivity contribution in [3.05, 3.63) is 11.6 Å². The molecule has 0 radical (unpaired) electrons. The molecule has 2 nitrogen and oxygen atoms in total. The minimum atomic E-state index is -0.134. The molecule has 2 heteroatoms. The molecule has 0 rings (SSSR count). The van der Waals surface area contributed by atoms with Gasteiger partial charge in [-0.15, -0.1) is 0 Å². The first-order valence-electron chi connectivity index (χ1n) is 8.06. The van der Waals surface area contributed by atoms with Gasteiger partial charge < -0.3 is 4.74 Å². The van der Waals surface area contributed by atoms with Crippen LogP contribution in [0.4, 0.5) is 0 Å². The fourth-order valence-corrected chi connectivity index (χ4v) is 1.96. The zero-order valence-corrected chi connectivity index (χ0v) is 13.2. The zero-order chi connectivity index (χ0) is 14.3. The lowest BCUT2D eigenvalue weighted by Crippen LogP contribution is -2.07. The highest BCUT2D eigenvalue weighted by atomic mass is 16.5. The Morgan fingerprint density at radius 3 is 2.16 bits per heavy atom. The number of ether oxygens (including phenoxy) is 1. The normalized spacial score (nSPS) is 11.6. The smallest absolute Gasteiger partial charge is 0.333 e. The second-order valence-electron chi connectivity index (χ2n) is 5.29. The molecule has 19 heavy (non-hydrogen) atoms. The van der Waals surface area contributed by atoms with Crippen LogP contribution in [0.25, 0.3) is 0 Å². The quantitative estimate of drug-likeness (QED) is 0.268. The minimum absolute atomic E-state index is 0.134. The average Bonchev–Trinajstić information content (AvgIpc) is 2.42. The van der Waals surface area contributed by atoms with E-state index < -0.39 is 0 Å². The number of rotatable bonds is 12. The molecule has 0 heterocycles. The summed E-state index contributed by atoms with van der Waals surface area (Å²) in [6, 6.07) is 0. The average molecular weight is 268 g/mol. The Bertz CT molecular complexity index is 244. The number of hydrogen-bond acceptors (Lipinski definition) is 2. The van der Waals surface area contributed by atoms with Gasteiger partial charge in [0.1, 0.15) is 0 Å². The largest absolute Gasteiger partial charge is 0.462 e. The van der Waals surface area contributed by atoms with Crippen LogP contribution in [0, 0.1) is 0 Å². The van der Waals surface area contributed by atoms with E-state index in [1.54, 1.807) is 0 Å². The molecular formula is C17H32O2. The molecule has 0 saturated heterocycles. The molecule has 0 N–H and O–H groups in total. The van der Waals surface area contributed by atoms with E-state index in [1.165, 1.54) is 51.4 Å². The Kier molecular flexibility index (Phi) is 13.1. The molecule has 0 aromatic rings. The molecule has 0 spiro atoms. The number of carbonyl (C=O) groups excluding carboxylic acids is 1. The highest BCUT2D eigenvalue weighted by Gasteiger charge is 2.04. The molecule has 0 aliphatic carbocycles. The summed E-state index contributed by atoms with van der Waals surface area (Å²) in [5, 5.41) is 0. The van der Waals surface area contributed by atoms with Gasteiger partial charge in [-0.25, -0.2) is 4.79 Å². The summed E-state index contributed by atoms with van der Waals surface area (Å²) in [7, 11) is 0. The zero-order valence-electron chi connectivity index (χ0n) is 13.2. The summed E-state index contributed by atoms with van der Waals surface area (Å²) < 4.78 is 5.26. The van der Waals surface area contributed by atoms with E-state index in [9.17, 15) is 4.79 Å². The van der Waals surface area contributed by atoms with Crippen LogP contribution in [0.15, 0.2) is 11.6 Å². The van der Waals surface area contributed by atoms with Crippen LogP contribution < -0.4 is 0 Å². The van der Waals surface area contributed by atoms with Crippen molar-refractivity contribution in [1.82, 2.24) is 0 Å². The van der Waals surface area contributed by atoms with Gasteiger partial charge in [-0.3, -0.25) is 0 Å². The van der Waals surface area contributed by atoms with E-state index >= 15 is 0 Å². The summed E-state index contributed by atoms with van der Waals surface area (Å²) in [5.74, 6) is -0.134. The van der Waals surface area contributed by atoms with Crippen molar-refractivity contribution in [2.45, 2.75) is 85.0 Å². The predicted molar refractivity (Wildman–Crippen MR) is 82.2 cm³/mol. The van der Waals surface area contributed by atoms with E-state index in [0.717, 1.165) is 18.4 Å². The second kappa shape index (κ2) is 13.6. The fraction of sp³-hybridized carbons (Fsp3) is 0.824. The lowest BCUT2D eigenvalue weighted by atomic mass is 10.1. The molecular weight excluding hydrogens is 236 g/mol. The van der Waals surface area contributed by atoms with Crippen molar-refractivity contribution in [2.24, 2.45) is 0 Å². The van der Waals surface area contributed by atoms with Crippen molar-refractivity contribution in [2.75, 3.05) is 6.61 Å². The maximum atomic E-state index is 11.7. The summed E-state index contributed by atoms with van der Waals surface area (Å²) >= 11 is 0. The van der Waals surface area contributed by atoms with Crippen molar-refractivity contribution < 1.29 is 9.53 Å². The standard InChI is InChI=1S/C17H32O2/c1-4-6-8-10-11-13-15-19-17(18)16(3)14-12-9-7-5-2/h14H,4-13,15H2,1-3H3. The SMILES string of the molecule is CCCCCC=C(C)C(=O)OCCCCCCCC. The summed E-state index contributed by atoms with van der Waals surface area (Å²) in [4.78, 5) is 11.7. The maximum absolute atomic E-state index is 11.7. The lowest BCUT2D eigenvalue weighted by molar-refractivity contribution is -0.139. The molecule has 0 saturated carbocycles. The van der Waals surface area contributed by atoms with Gasteiger partial charge in [-0.2, -0.15) is 0 Å². The third kappa shape index (κ3) is 12.0. The molecule has 0 aliphatic rings. The molecule has 0 unspecified atom stereocenters. The third-order valence-electron chi connectivity index (χ3n) is 3.31. The number of unbranched alkanes of at least 4 members (excludes halogenated alkanes) is 8. The van der Waals surface area contributed by atoms with Crippen molar-refractivity contribution >= 4 is 5.97 Å². The van der Waals surface area contributed by atoms with Crippen molar-refractivity contribution in [1.29, 1.82) is 0 Å². The van der Waals surface area contributed by atoms with Gasteiger partial charge in [0, 0.05) is 5.57 Å². The molecule has 0 aromatic heterocycles. The first-order valence-corrected chi connectivity index (χ1v) is 8.06. The lowest BCUT2D eigenvalue weighted by Gasteiger charge is -2.05. The van der Waals surface area contributed by atoms with Gasteiger partial charge in [0.05, 0.1) is 6.61 Å². The minimum Gasteiger partial charge on any atom is -0.462 e. The van der Waals surface area contributed by atoms with Gasteiger partial charge in [0.2, 0.25) is 0 Å². The maximum Gasteiger partial charge on any atom is 0.333 e. The summed E-state index contributed by atoms with van der Waals surface area (Å²) in [5.41, 5.74) is 0.766. The number of allylic oxidation sites excluding steroid dienone is 1. The summed E-state index contributed by atoms with van der Waals surface area (Å²) in [6.45, 7) is 6.84. The first kappa shape index (κ1) is 18.2. The van der Waals surface area contributed by atoms with Crippen LogP contribution in [-0.4, -0.2) is 12.6 Å². The van der Waals surface area contributed by atoms with E-state index in [2.05, 4.69) is 13.8 Å². The molecule has 0 fully saturated rings. The monoisotopic (exact) mass is 268 g/mol. The molecule has 112 valence electrons. The van der Waals surface area contributed by atoms with Crippen LogP contribution in [0.2, 0.25) is 0 Å². The van der Waals surface area contributed by atoms with Crippen molar-refractivity contribution in [3.63, 3.8) is 0 Å². The first-order chi connectivity index (χ1) is 9.22. The molecule has 0 aromatic carbocycles. The van der Waals surface area contributed by atoms with Crippen LogP contribution in [0.5, 0.6) is 0 Å². The second-order valence-corrected chi connectivity index (χ2v) is 5.29. The Balaban J connectivity index is 3.51. The fourth-order valence-electron chi connectivity index (χ4n) is 1.96. The molecule has 0 bridgehead atoms. The van der Waals surface area contributed by atoms with Crippen LogP contribution >= 0.6 is 0 Å². The number of esters is 1. The van der Waals surface area contributed by atoms with Crippen molar-refractivity contribution in [3.8, 4) is 0 Å². The Morgan fingerprint density at radius 1 is 0.895 bits per heavy atom. The highest BCUT2D eigenvalue weighted by molar-refractivity contribution is 5.87. The topological polar surface area (TPSA) is 26.3 Å². The molecule has 0 atom stereocenters. The van der Waals surface area contributed by atoms with Gasteiger partial charge >= 0.3 is 5.97 Å². The third-order valence-corrected chi connectivity index (χ3v) is 3.31. The predicted octanol–water partition coefficient (Wildman–Crippen LogP) is 5.42. The Hall–Kier alpha value is -0.790. The number of hydrogen-bond donors (Lipinski definition) is 0. The van der Waals surface area contributed by atoms with Crippen LogP contribution in [0.1, 0.15) is 85.0 Å². The van der Waals surface area contributed by atoms with E-state index in [1.807, 2.05) is 13.0 Å². The molecule has 0 aliphatic heterocycles.